The van der Waals surface area contributed by atoms with E-state index in [0.717, 1.165) is 32.2 Å². The molecule has 1 aromatic carbocycles. The Kier molecular flexibility index (Phi) is 3.28. The van der Waals surface area contributed by atoms with Crippen molar-refractivity contribution in [2.75, 3.05) is 18.0 Å². The number of hydrogen-bond donors (Lipinski definition) is 0. The maximum atomic E-state index is 10.7. The van der Waals surface area contributed by atoms with E-state index in [9.17, 15) is 4.79 Å². The van der Waals surface area contributed by atoms with Crippen molar-refractivity contribution in [2.45, 2.75) is 26.7 Å². The third-order valence-corrected chi connectivity index (χ3v) is 3.59. The topological polar surface area (TPSA) is 20.3 Å². The lowest BCUT2D eigenvalue weighted by Gasteiger charge is -2.31. The van der Waals surface area contributed by atoms with E-state index in [4.69, 9.17) is 0 Å². The first kappa shape index (κ1) is 11.2. The second kappa shape index (κ2) is 4.69. The summed E-state index contributed by atoms with van der Waals surface area (Å²) in [5.74, 6) is 0.280. The zero-order valence-corrected chi connectivity index (χ0v) is 10.1. The van der Waals surface area contributed by atoms with Crippen LogP contribution in [0.2, 0.25) is 0 Å². The molecule has 0 aromatic heterocycles. The molecule has 1 aliphatic rings. The van der Waals surface area contributed by atoms with E-state index in [2.05, 4.69) is 36.9 Å². The maximum Gasteiger partial charge on any atom is 0.123 e. The zero-order valence-electron chi connectivity index (χ0n) is 10.1. The number of carbonyl (C=O) groups is 1. The van der Waals surface area contributed by atoms with Crippen molar-refractivity contribution in [1.29, 1.82) is 0 Å². The summed E-state index contributed by atoms with van der Waals surface area (Å²) in [5.41, 5.74) is 3.98. The molecule has 1 heterocycles. The number of hydrogen-bond acceptors (Lipinski definition) is 2. The van der Waals surface area contributed by atoms with Crippen LogP contribution in [0, 0.1) is 19.8 Å². The predicted octanol–water partition coefficient (Wildman–Crippen LogP) is 2.72. The Bertz CT molecular complexity index is 378. The Balaban J connectivity index is 2.08. The van der Waals surface area contributed by atoms with Gasteiger partial charge in [-0.2, -0.15) is 0 Å². The minimum absolute atomic E-state index is 0.280. The molecule has 2 rings (SSSR count). The lowest BCUT2D eigenvalue weighted by atomic mass is 9.98. The van der Waals surface area contributed by atoms with E-state index in [1.54, 1.807) is 0 Å². The highest BCUT2D eigenvalue weighted by Crippen LogP contribution is 2.24. The molecule has 86 valence electrons. The van der Waals surface area contributed by atoms with Crippen LogP contribution in [-0.2, 0) is 4.79 Å². The highest BCUT2D eigenvalue weighted by molar-refractivity contribution is 5.56. The van der Waals surface area contributed by atoms with E-state index >= 15 is 0 Å². The molecule has 0 bridgehead atoms. The predicted molar refractivity (Wildman–Crippen MR) is 66.9 cm³/mol. The van der Waals surface area contributed by atoms with Gasteiger partial charge in [0.15, 0.2) is 0 Å². The minimum Gasteiger partial charge on any atom is -0.371 e. The molecule has 0 atom stereocenters. The molecule has 0 radical (unpaired) electrons. The van der Waals surface area contributed by atoms with Crippen LogP contribution in [0.25, 0.3) is 0 Å². The first-order valence-electron chi connectivity index (χ1n) is 5.98. The summed E-state index contributed by atoms with van der Waals surface area (Å²) in [6, 6.07) is 6.61. The molecule has 0 spiro atoms. The van der Waals surface area contributed by atoms with Crippen LogP contribution in [0.5, 0.6) is 0 Å². The molecule has 2 heteroatoms. The van der Waals surface area contributed by atoms with Crippen molar-refractivity contribution in [3.05, 3.63) is 29.3 Å². The minimum atomic E-state index is 0.280. The SMILES string of the molecule is Cc1ccc(N2CCC(C=O)CC2)cc1C. The van der Waals surface area contributed by atoms with Crippen molar-refractivity contribution in [3.63, 3.8) is 0 Å². The molecule has 0 aliphatic carbocycles. The summed E-state index contributed by atoms with van der Waals surface area (Å²) in [7, 11) is 0. The molecular formula is C14H19NO. The Morgan fingerprint density at radius 2 is 1.88 bits per heavy atom. The normalized spacial score (nSPS) is 17.5. The van der Waals surface area contributed by atoms with E-state index in [1.165, 1.54) is 16.8 Å². The molecule has 1 saturated heterocycles. The zero-order chi connectivity index (χ0) is 11.5. The van der Waals surface area contributed by atoms with Gasteiger partial charge < -0.3 is 9.69 Å². The molecule has 1 fully saturated rings. The molecule has 2 nitrogen and oxygen atoms in total. The number of anilines is 1. The molecule has 0 amide bonds. The Labute approximate surface area is 97.3 Å². The second-order valence-electron chi connectivity index (χ2n) is 4.73. The number of carbonyl (C=O) groups excluding carboxylic acids is 1. The molecule has 1 aromatic rings. The third-order valence-electron chi connectivity index (χ3n) is 3.59. The van der Waals surface area contributed by atoms with Crippen LogP contribution >= 0.6 is 0 Å². The molecule has 1 aliphatic heterocycles. The first-order chi connectivity index (χ1) is 7.70. The summed E-state index contributed by atoms with van der Waals surface area (Å²) in [6.45, 7) is 6.30. The largest absolute Gasteiger partial charge is 0.371 e. The average molecular weight is 217 g/mol. The van der Waals surface area contributed by atoms with Crippen molar-refractivity contribution >= 4 is 12.0 Å². The van der Waals surface area contributed by atoms with Crippen LogP contribution in [0.4, 0.5) is 5.69 Å². The highest BCUT2D eigenvalue weighted by Gasteiger charge is 2.18. The average Bonchev–Trinajstić information content (AvgIpc) is 2.33. The van der Waals surface area contributed by atoms with Gasteiger partial charge in [-0.25, -0.2) is 0 Å². The fourth-order valence-electron chi connectivity index (χ4n) is 2.22. The molecule has 0 N–H and O–H groups in total. The standard InChI is InChI=1S/C14H19NO/c1-11-3-4-14(9-12(11)2)15-7-5-13(10-16)6-8-15/h3-4,9-10,13H,5-8H2,1-2H3. The summed E-state index contributed by atoms with van der Waals surface area (Å²) >= 11 is 0. The maximum absolute atomic E-state index is 10.7. The third kappa shape index (κ3) is 2.26. The fourth-order valence-corrected chi connectivity index (χ4v) is 2.22. The van der Waals surface area contributed by atoms with Crippen LogP contribution < -0.4 is 4.90 Å². The number of aldehydes is 1. The molecule has 16 heavy (non-hydrogen) atoms. The van der Waals surface area contributed by atoms with Gasteiger partial charge in [-0.05, 0) is 49.9 Å². The Morgan fingerprint density at radius 3 is 2.44 bits per heavy atom. The number of nitrogens with zero attached hydrogens (tertiary/aromatic N) is 1. The Morgan fingerprint density at radius 1 is 1.19 bits per heavy atom. The van der Waals surface area contributed by atoms with Gasteiger partial charge in [0.05, 0.1) is 0 Å². The van der Waals surface area contributed by atoms with Crippen molar-refractivity contribution in [2.24, 2.45) is 5.92 Å². The number of aryl methyl sites for hydroxylation is 2. The molecule has 0 saturated carbocycles. The monoisotopic (exact) mass is 217 g/mol. The van der Waals surface area contributed by atoms with Gasteiger partial charge in [0.2, 0.25) is 0 Å². The summed E-state index contributed by atoms with van der Waals surface area (Å²) in [5, 5.41) is 0. The summed E-state index contributed by atoms with van der Waals surface area (Å²) in [4.78, 5) is 13.1. The molecular weight excluding hydrogens is 198 g/mol. The van der Waals surface area contributed by atoms with Crippen molar-refractivity contribution in [3.8, 4) is 0 Å². The van der Waals surface area contributed by atoms with Gasteiger partial charge >= 0.3 is 0 Å². The van der Waals surface area contributed by atoms with Crippen molar-refractivity contribution in [1.82, 2.24) is 0 Å². The number of benzene rings is 1. The van der Waals surface area contributed by atoms with Gasteiger partial charge in [0.25, 0.3) is 0 Å². The first-order valence-corrected chi connectivity index (χ1v) is 5.98. The van der Waals surface area contributed by atoms with Gasteiger partial charge in [-0.3, -0.25) is 0 Å². The second-order valence-corrected chi connectivity index (χ2v) is 4.73. The van der Waals surface area contributed by atoms with Gasteiger partial charge in [0, 0.05) is 24.7 Å². The Hall–Kier alpha value is -1.31. The quantitative estimate of drug-likeness (QED) is 0.710. The van der Waals surface area contributed by atoms with Gasteiger partial charge in [-0.1, -0.05) is 6.07 Å². The van der Waals surface area contributed by atoms with Crippen LogP contribution in [0.1, 0.15) is 24.0 Å². The lowest BCUT2D eigenvalue weighted by Crippen LogP contribution is -2.34. The van der Waals surface area contributed by atoms with Gasteiger partial charge in [0.1, 0.15) is 6.29 Å². The lowest BCUT2D eigenvalue weighted by molar-refractivity contribution is -0.111. The van der Waals surface area contributed by atoms with Crippen LogP contribution in [0.3, 0.4) is 0 Å². The number of rotatable bonds is 2. The van der Waals surface area contributed by atoms with Crippen LogP contribution in [0.15, 0.2) is 18.2 Å². The molecule has 0 unspecified atom stereocenters. The van der Waals surface area contributed by atoms with E-state index in [-0.39, 0.29) is 5.92 Å². The summed E-state index contributed by atoms with van der Waals surface area (Å²) in [6.07, 6.45) is 3.10. The van der Waals surface area contributed by atoms with E-state index < -0.39 is 0 Å². The fraction of sp³-hybridized carbons (Fsp3) is 0.500. The number of piperidine rings is 1. The summed E-state index contributed by atoms with van der Waals surface area (Å²) < 4.78 is 0. The smallest absolute Gasteiger partial charge is 0.123 e. The van der Waals surface area contributed by atoms with E-state index in [0.29, 0.717) is 0 Å². The van der Waals surface area contributed by atoms with E-state index in [1.807, 2.05) is 0 Å². The van der Waals surface area contributed by atoms with Crippen molar-refractivity contribution < 1.29 is 4.79 Å². The van der Waals surface area contributed by atoms with Gasteiger partial charge in [-0.15, -0.1) is 0 Å². The highest BCUT2D eigenvalue weighted by atomic mass is 16.1. The van der Waals surface area contributed by atoms with Crippen LogP contribution in [-0.4, -0.2) is 19.4 Å².